The van der Waals surface area contributed by atoms with Crippen molar-refractivity contribution in [2.75, 3.05) is 45.3 Å². The largest absolute Gasteiger partial charge is 0.494 e. The molecule has 5 rings (SSSR count). The molecular formula is C30H32N6O6. The number of morpholine rings is 1. The van der Waals surface area contributed by atoms with Gasteiger partial charge in [0.2, 0.25) is 5.91 Å². The molecule has 1 atom stereocenters. The first-order chi connectivity index (χ1) is 20.4. The number of rotatable bonds is 11. The molecule has 0 bridgehead atoms. The van der Waals surface area contributed by atoms with Crippen LogP contribution < -0.4 is 15.4 Å². The van der Waals surface area contributed by atoms with Gasteiger partial charge in [0, 0.05) is 49.3 Å². The first-order valence-corrected chi connectivity index (χ1v) is 13.7. The highest BCUT2D eigenvalue weighted by atomic mass is 16.6. The molecule has 1 aromatic heterocycles. The third kappa shape index (κ3) is 6.73. The number of fused-ring (bicyclic) bond motifs is 1. The van der Waals surface area contributed by atoms with E-state index in [0.717, 1.165) is 25.2 Å². The lowest BCUT2D eigenvalue weighted by molar-refractivity contribution is -0.384. The third-order valence-electron chi connectivity index (χ3n) is 7.15. The lowest BCUT2D eigenvalue weighted by atomic mass is 10.0. The zero-order valence-electron chi connectivity index (χ0n) is 23.2. The molecule has 0 radical (unpaired) electrons. The summed E-state index contributed by atoms with van der Waals surface area (Å²) >= 11 is 0. The van der Waals surface area contributed by atoms with Crippen LogP contribution >= 0.6 is 0 Å². The number of nitro benzene ring substituents is 1. The molecular weight excluding hydrogens is 540 g/mol. The van der Waals surface area contributed by atoms with E-state index in [4.69, 9.17) is 9.47 Å². The maximum atomic E-state index is 13.7. The van der Waals surface area contributed by atoms with Gasteiger partial charge in [-0.25, -0.2) is 0 Å². The Balaban J connectivity index is 1.40. The van der Waals surface area contributed by atoms with Crippen molar-refractivity contribution in [1.29, 1.82) is 0 Å². The van der Waals surface area contributed by atoms with Crippen LogP contribution in [0.25, 0.3) is 10.9 Å². The first kappa shape index (κ1) is 28.7. The number of carbonyl (C=O) groups is 2. The van der Waals surface area contributed by atoms with Gasteiger partial charge in [0.15, 0.2) is 5.69 Å². The lowest BCUT2D eigenvalue weighted by Gasteiger charge is -2.26. The van der Waals surface area contributed by atoms with Crippen molar-refractivity contribution in [3.8, 4) is 5.75 Å². The summed E-state index contributed by atoms with van der Waals surface area (Å²) in [5.41, 5.74) is 2.03. The Morgan fingerprint density at radius 2 is 1.76 bits per heavy atom. The van der Waals surface area contributed by atoms with Gasteiger partial charge in [-0.15, -0.1) is 0 Å². The monoisotopic (exact) mass is 572 g/mol. The second-order valence-corrected chi connectivity index (χ2v) is 9.89. The summed E-state index contributed by atoms with van der Waals surface area (Å²) in [5.74, 6) is -0.370. The van der Waals surface area contributed by atoms with Gasteiger partial charge in [0.05, 0.1) is 31.8 Å². The highest BCUT2D eigenvalue weighted by molar-refractivity contribution is 6.08. The molecule has 0 saturated carbocycles. The SMILES string of the molecule is COc1cccc2c(C(=O)N[C@@H](Cc3ccccc3)C(=O)Nc3ccc([N+](=O)[O-])cc3)nn(CCN3CCOCC3)c12. The lowest BCUT2D eigenvalue weighted by Crippen LogP contribution is -2.45. The summed E-state index contributed by atoms with van der Waals surface area (Å²) in [6.07, 6.45) is 0.227. The highest BCUT2D eigenvalue weighted by Crippen LogP contribution is 2.28. The van der Waals surface area contributed by atoms with Gasteiger partial charge in [-0.3, -0.25) is 29.3 Å². The maximum absolute atomic E-state index is 13.7. The van der Waals surface area contributed by atoms with Crippen molar-refractivity contribution in [3.63, 3.8) is 0 Å². The highest BCUT2D eigenvalue weighted by Gasteiger charge is 2.26. The van der Waals surface area contributed by atoms with Crippen molar-refractivity contribution in [3.05, 3.63) is 94.2 Å². The van der Waals surface area contributed by atoms with Crippen LogP contribution in [0.4, 0.5) is 11.4 Å². The van der Waals surface area contributed by atoms with E-state index in [1.54, 1.807) is 17.9 Å². The smallest absolute Gasteiger partial charge is 0.273 e. The van der Waals surface area contributed by atoms with Crippen LogP contribution in [0.5, 0.6) is 5.75 Å². The number of hydrogen-bond acceptors (Lipinski definition) is 8. The Kier molecular flexibility index (Phi) is 9.05. The number of nitro groups is 1. The summed E-state index contributed by atoms with van der Waals surface area (Å²) in [5, 5.41) is 21.9. The van der Waals surface area contributed by atoms with Gasteiger partial charge in [0.1, 0.15) is 17.3 Å². The number of para-hydroxylation sites is 1. The molecule has 0 spiro atoms. The van der Waals surface area contributed by atoms with Crippen molar-refractivity contribution in [1.82, 2.24) is 20.0 Å². The van der Waals surface area contributed by atoms with E-state index < -0.39 is 22.8 Å². The molecule has 42 heavy (non-hydrogen) atoms. The normalized spacial score (nSPS) is 14.3. The number of benzene rings is 3. The topological polar surface area (TPSA) is 141 Å². The number of non-ortho nitro benzene ring substituents is 1. The number of anilines is 1. The fraction of sp³-hybridized carbons (Fsp3) is 0.300. The Morgan fingerprint density at radius 1 is 1.02 bits per heavy atom. The molecule has 2 amide bonds. The Labute approximate surface area is 242 Å². The van der Waals surface area contributed by atoms with Gasteiger partial charge >= 0.3 is 0 Å². The Morgan fingerprint density at radius 3 is 2.45 bits per heavy atom. The van der Waals surface area contributed by atoms with E-state index in [0.29, 0.717) is 42.1 Å². The molecule has 2 heterocycles. The van der Waals surface area contributed by atoms with Gasteiger partial charge in [0.25, 0.3) is 11.6 Å². The zero-order chi connectivity index (χ0) is 29.5. The summed E-state index contributed by atoms with van der Waals surface area (Å²) in [7, 11) is 1.58. The van der Waals surface area contributed by atoms with Crippen LogP contribution in [0.2, 0.25) is 0 Å². The fourth-order valence-corrected chi connectivity index (χ4v) is 4.94. The van der Waals surface area contributed by atoms with E-state index in [2.05, 4.69) is 20.6 Å². The number of hydrogen-bond donors (Lipinski definition) is 2. The van der Waals surface area contributed by atoms with E-state index >= 15 is 0 Å². The van der Waals surface area contributed by atoms with Crippen molar-refractivity contribution in [2.45, 2.75) is 19.0 Å². The number of nitrogens with one attached hydrogen (secondary N) is 2. The van der Waals surface area contributed by atoms with Crippen LogP contribution in [0.1, 0.15) is 16.1 Å². The van der Waals surface area contributed by atoms with Gasteiger partial charge < -0.3 is 20.1 Å². The predicted molar refractivity (Wildman–Crippen MR) is 157 cm³/mol. The number of carbonyl (C=O) groups excluding carboxylic acids is 2. The predicted octanol–water partition coefficient (Wildman–Crippen LogP) is 3.27. The summed E-state index contributed by atoms with van der Waals surface area (Å²) < 4.78 is 12.8. The van der Waals surface area contributed by atoms with E-state index in [-0.39, 0.29) is 17.8 Å². The number of methoxy groups -OCH3 is 1. The maximum Gasteiger partial charge on any atom is 0.273 e. The number of ether oxygens (including phenoxy) is 2. The van der Waals surface area contributed by atoms with Crippen LogP contribution in [0, 0.1) is 10.1 Å². The van der Waals surface area contributed by atoms with E-state index in [1.165, 1.54) is 24.3 Å². The zero-order valence-corrected chi connectivity index (χ0v) is 23.2. The minimum atomic E-state index is -0.950. The van der Waals surface area contributed by atoms with Crippen LogP contribution in [0.15, 0.2) is 72.8 Å². The molecule has 1 saturated heterocycles. The molecule has 2 N–H and O–H groups in total. The fourth-order valence-electron chi connectivity index (χ4n) is 4.94. The molecule has 12 heteroatoms. The van der Waals surface area contributed by atoms with Crippen molar-refractivity contribution >= 4 is 34.1 Å². The molecule has 1 aliphatic rings. The van der Waals surface area contributed by atoms with Crippen LogP contribution in [0.3, 0.4) is 0 Å². The molecule has 4 aromatic rings. The Bertz CT molecular complexity index is 1550. The second-order valence-electron chi connectivity index (χ2n) is 9.89. The standard InChI is InChI=1S/C30H32N6O6/c1-41-26-9-5-8-24-27(33-35(28(24)26)15-14-34-16-18-42-19-17-34)30(38)32-25(20-21-6-3-2-4-7-21)29(37)31-22-10-12-23(13-11-22)36(39)40/h2-13,25H,14-20H2,1H3,(H,31,37)(H,32,38)/t25-/m0/s1. The summed E-state index contributed by atoms with van der Waals surface area (Å²) in [6.45, 7) is 4.29. The minimum Gasteiger partial charge on any atom is -0.494 e. The minimum absolute atomic E-state index is 0.0892. The van der Waals surface area contributed by atoms with Crippen LogP contribution in [-0.2, 0) is 22.5 Å². The van der Waals surface area contributed by atoms with Gasteiger partial charge in [-0.05, 0) is 23.8 Å². The van der Waals surface area contributed by atoms with E-state index in [9.17, 15) is 19.7 Å². The van der Waals surface area contributed by atoms with Crippen LogP contribution in [-0.4, -0.2) is 77.4 Å². The quantitative estimate of drug-likeness (QED) is 0.206. The average Bonchev–Trinajstić information content (AvgIpc) is 3.40. The van der Waals surface area contributed by atoms with Crippen molar-refractivity contribution in [2.24, 2.45) is 0 Å². The second kappa shape index (κ2) is 13.2. The third-order valence-corrected chi connectivity index (χ3v) is 7.15. The van der Waals surface area contributed by atoms with Gasteiger partial charge in [-0.2, -0.15) is 5.10 Å². The summed E-state index contributed by atoms with van der Waals surface area (Å²) in [4.78, 5) is 40.0. The first-order valence-electron chi connectivity index (χ1n) is 13.7. The molecule has 3 aromatic carbocycles. The molecule has 218 valence electrons. The molecule has 0 aliphatic carbocycles. The number of aromatic nitrogens is 2. The number of nitrogens with zero attached hydrogens (tertiary/aromatic N) is 4. The number of amides is 2. The van der Waals surface area contributed by atoms with E-state index in [1.807, 2.05) is 42.5 Å². The molecule has 12 nitrogen and oxygen atoms in total. The molecule has 1 fully saturated rings. The van der Waals surface area contributed by atoms with Gasteiger partial charge in [-0.1, -0.05) is 42.5 Å². The van der Waals surface area contributed by atoms with Crippen molar-refractivity contribution < 1.29 is 24.0 Å². The molecule has 0 unspecified atom stereocenters. The molecule has 1 aliphatic heterocycles. The summed E-state index contributed by atoms with van der Waals surface area (Å²) in [6, 6.07) is 19.4. The average molecular weight is 573 g/mol. The Hall–Kier alpha value is -4.81.